The molecule has 0 fully saturated rings. The molecule has 8 nitrogen and oxygen atoms in total. The number of para-hydroxylation sites is 1. The summed E-state index contributed by atoms with van der Waals surface area (Å²) in [6.07, 6.45) is 0. The standard InChI is InChI=1S/C45H28N4S.C45H30N4/c1-2-10-29(11-3-1)43-46-44-34-16-6-12-30(24-34)32-14-8-18-36(26-32)49(38-22-23-42-40(28-38)39-20-4-5-21-41(39)50-42)37-19-9-15-33(27-37)31-13-7-17-35(25-31)45(47-43)48-44;1-4-13-31(14-5-1)41-26-25-37-30-42(41)35-19-12-24-40(29-35)49(38-21-8-3-9-22-38)39-23-11-18-34(28-39)33-17-10-20-36(27-33)44-46-43(47-45(37)48-44)32-15-6-2-7-16-32/h1-28H;1-30H. The summed E-state index contributed by atoms with van der Waals surface area (Å²) in [5, 5.41) is 2.56. The first-order valence-corrected chi connectivity index (χ1v) is 33.9. The molecule has 9 heteroatoms. The van der Waals surface area contributed by atoms with Gasteiger partial charge in [0.25, 0.3) is 0 Å². The van der Waals surface area contributed by atoms with Crippen LogP contribution in [0.5, 0.6) is 0 Å². The van der Waals surface area contributed by atoms with Gasteiger partial charge in [0.1, 0.15) is 0 Å². The molecule has 464 valence electrons. The molecule has 19 rings (SSSR count). The number of fused-ring (bicyclic) bond motifs is 31. The third-order valence-electron chi connectivity index (χ3n) is 18.4. The summed E-state index contributed by atoms with van der Waals surface area (Å²) in [7, 11) is 0. The monoisotopic (exact) mass is 1280 g/mol. The van der Waals surface area contributed by atoms with E-state index in [1.165, 1.54) is 20.2 Å². The molecule has 0 atom stereocenters. The van der Waals surface area contributed by atoms with E-state index in [1.54, 1.807) is 0 Å². The Balaban J connectivity index is 0.000000143. The zero-order valence-electron chi connectivity index (χ0n) is 53.5. The predicted molar refractivity (Wildman–Crippen MR) is 409 cm³/mol. The van der Waals surface area contributed by atoms with Gasteiger partial charge in [-0.1, -0.05) is 243 Å². The molecule has 0 unspecified atom stereocenters. The Kier molecular flexibility index (Phi) is 14.9. The van der Waals surface area contributed by atoms with Gasteiger partial charge < -0.3 is 9.80 Å². The average molecular weight is 1280 g/mol. The quantitative estimate of drug-likeness (QED) is 0.169. The van der Waals surface area contributed by atoms with Gasteiger partial charge in [-0.15, -0.1) is 11.3 Å². The van der Waals surface area contributed by atoms with E-state index in [4.69, 9.17) is 29.9 Å². The van der Waals surface area contributed by atoms with Gasteiger partial charge in [-0.05, 0) is 165 Å². The first kappa shape index (κ1) is 58.5. The van der Waals surface area contributed by atoms with Crippen LogP contribution in [-0.4, -0.2) is 29.9 Å². The van der Waals surface area contributed by atoms with E-state index < -0.39 is 0 Å². The Morgan fingerprint density at radius 1 is 0.172 bits per heavy atom. The third kappa shape index (κ3) is 11.4. The summed E-state index contributed by atoms with van der Waals surface area (Å²) in [6, 6.07) is 124. The fourth-order valence-electron chi connectivity index (χ4n) is 13.6. The fraction of sp³-hybridized carbons (Fsp3) is 0. The average Bonchev–Trinajstić information content (AvgIpc) is 1.50. The zero-order valence-corrected chi connectivity index (χ0v) is 54.3. The van der Waals surface area contributed by atoms with Gasteiger partial charge in [0.05, 0.1) is 0 Å². The maximum Gasteiger partial charge on any atom is 0.164 e. The molecule has 20 bridgehead atoms. The normalized spacial score (nSPS) is 11.8. The van der Waals surface area contributed by atoms with E-state index in [2.05, 4.69) is 301 Å². The van der Waals surface area contributed by atoms with Gasteiger partial charge in [0.15, 0.2) is 34.9 Å². The fourth-order valence-corrected chi connectivity index (χ4v) is 14.7. The van der Waals surface area contributed by atoms with E-state index in [1.807, 2.05) is 72.0 Å². The van der Waals surface area contributed by atoms with Crippen molar-refractivity contribution in [2.24, 2.45) is 0 Å². The van der Waals surface area contributed by atoms with Crippen molar-refractivity contribution in [1.82, 2.24) is 29.9 Å². The van der Waals surface area contributed by atoms with Crippen LogP contribution in [-0.2, 0) is 0 Å². The van der Waals surface area contributed by atoms with Crippen LogP contribution >= 0.6 is 11.3 Å². The molecule has 99 heavy (non-hydrogen) atoms. The topological polar surface area (TPSA) is 83.8 Å². The number of anilines is 6. The van der Waals surface area contributed by atoms with Gasteiger partial charge in [-0.2, -0.15) is 0 Å². The van der Waals surface area contributed by atoms with Crippen LogP contribution in [0, 0.1) is 0 Å². The molecular formula is C90H58N8S. The van der Waals surface area contributed by atoms with Gasteiger partial charge in [-0.3, -0.25) is 0 Å². The number of aromatic nitrogens is 6. The molecule has 2 aliphatic heterocycles. The maximum atomic E-state index is 5.12. The molecule has 5 heterocycles. The highest BCUT2D eigenvalue weighted by Crippen LogP contribution is 2.45. The molecule has 0 spiro atoms. The minimum absolute atomic E-state index is 0.631. The molecule has 3 aromatic heterocycles. The van der Waals surface area contributed by atoms with E-state index in [9.17, 15) is 0 Å². The van der Waals surface area contributed by atoms with Crippen molar-refractivity contribution >= 4 is 65.6 Å². The number of benzene rings is 14. The molecular weight excluding hydrogens is 1230 g/mol. The Morgan fingerprint density at radius 3 is 0.960 bits per heavy atom. The second-order valence-corrected chi connectivity index (χ2v) is 25.8. The van der Waals surface area contributed by atoms with Crippen molar-refractivity contribution in [3.05, 3.63) is 352 Å². The van der Waals surface area contributed by atoms with Crippen LogP contribution in [0.1, 0.15) is 0 Å². The first-order valence-electron chi connectivity index (χ1n) is 33.1. The minimum atomic E-state index is 0.631. The van der Waals surface area contributed by atoms with Crippen molar-refractivity contribution in [2.75, 3.05) is 9.80 Å². The molecule has 0 N–H and O–H groups in total. The van der Waals surface area contributed by atoms with Crippen LogP contribution in [0.15, 0.2) is 352 Å². The number of rotatable bonds is 5. The number of thiophene rings is 1. The summed E-state index contributed by atoms with van der Waals surface area (Å²) in [6.45, 7) is 0. The highest BCUT2D eigenvalue weighted by Gasteiger charge is 2.23. The Bertz CT molecular complexity index is 5790. The molecule has 2 aliphatic rings. The van der Waals surface area contributed by atoms with Gasteiger partial charge in [-0.25, -0.2) is 29.9 Å². The summed E-state index contributed by atoms with van der Waals surface area (Å²) >= 11 is 1.84. The molecule has 0 saturated carbocycles. The minimum Gasteiger partial charge on any atom is -0.310 e. The van der Waals surface area contributed by atoms with Crippen molar-refractivity contribution in [1.29, 1.82) is 0 Å². The predicted octanol–water partition coefficient (Wildman–Crippen LogP) is 24.0. The van der Waals surface area contributed by atoms with Crippen LogP contribution in [0.2, 0.25) is 0 Å². The van der Waals surface area contributed by atoms with Crippen LogP contribution < -0.4 is 9.80 Å². The maximum absolute atomic E-state index is 5.12. The molecule has 0 amide bonds. The second-order valence-electron chi connectivity index (χ2n) is 24.7. The Morgan fingerprint density at radius 2 is 0.485 bits per heavy atom. The van der Waals surface area contributed by atoms with Crippen LogP contribution in [0.25, 0.3) is 144 Å². The summed E-state index contributed by atoms with van der Waals surface area (Å²) in [5.41, 5.74) is 23.2. The molecule has 14 aromatic carbocycles. The number of hydrogen-bond acceptors (Lipinski definition) is 9. The highest BCUT2D eigenvalue weighted by atomic mass is 32.1. The molecule has 0 aliphatic carbocycles. The van der Waals surface area contributed by atoms with E-state index in [0.717, 1.165) is 123 Å². The van der Waals surface area contributed by atoms with Crippen LogP contribution in [0.4, 0.5) is 34.1 Å². The third-order valence-corrected chi connectivity index (χ3v) is 19.6. The second kappa shape index (κ2) is 25.2. The molecule has 0 saturated heterocycles. The van der Waals surface area contributed by atoms with E-state index >= 15 is 0 Å². The van der Waals surface area contributed by atoms with E-state index in [-0.39, 0.29) is 0 Å². The largest absolute Gasteiger partial charge is 0.310 e. The zero-order chi connectivity index (χ0) is 65.6. The van der Waals surface area contributed by atoms with Crippen molar-refractivity contribution in [2.45, 2.75) is 0 Å². The smallest absolute Gasteiger partial charge is 0.164 e. The number of hydrogen-bond donors (Lipinski definition) is 0. The highest BCUT2D eigenvalue weighted by molar-refractivity contribution is 7.25. The first-order chi connectivity index (χ1) is 49.0. The number of nitrogens with zero attached hydrogens (tertiary/aromatic N) is 8. The summed E-state index contributed by atoms with van der Waals surface area (Å²) < 4.78 is 2.59. The lowest BCUT2D eigenvalue weighted by atomic mass is 9.92. The van der Waals surface area contributed by atoms with Gasteiger partial charge in [0.2, 0.25) is 0 Å². The lowest BCUT2D eigenvalue weighted by Gasteiger charge is -2.27. The van der Waals surface area contributed by atoms with Crippen molar-refractivity contribution in [3.63, 3.8) is 0 Å². The lowest BCUT2D eigenvalue weighted by molar-refractivity contribution is 1.07. The van der Waals surface area contributed by atoms with Crippen molar-refractivity contribution < 1.29 is 0 Å². The Labute approximate surface area is 577 Å². The molecule has 0 radical (unpaired) electrons. The van der Waals surface area contributed by atoms with Gasteiger partial charge >= 0.3 is 0 Å². The van der Waals surface area contributed by atoms with E-state index in [0.29, 0.717) is 34.9 Å². The molecule has 17 aromatic rings. The Hall–Kier alpha value is -13.1. The lowest BCUT2D eigenvalue weighted by Crippen LogP contribution is -2.10. The SMILES string of the molecule is c1ccc(-c2nc3nc(n2)-c2ccc(-c4ccccc4)c(c2)-c2cccc(c2)N(c2ccccc2)c2cccc(c2)-c2cccc-3c2)cc1.c1ccc(-c2nc3nc(n2)-c2cccc(c2)-c2cccc(c2)N(c2ccc4sc5ccccc5c4c2)c2cccc(c2)-c2cccc-3c2)cc1. The van der Waals surface area contributed by atoms with Crippen LogP contribution in [0.3, 0.4) is 0 Å². The summed E-state index contributed by atoms with van der Waals surface area (Å²) in [4.78, 5) is 35.0. The summed E-state index contributed by atoms with van der Waals surface area (Å²) in [5.74, 6) is 3.84. The van der Waals surface area contributed by atoms with Crippen molar-refractivity contribution in [3.8, 4) is 124 Å². The van der Waals surface area contributed by atoms with Gasteiger partial charge in [0, 0.05) is 87.7 Å².